The van der Waals surface area contributed by atoms with Gasteiger partial charge in [0.25, 0.3) is 5.56 Å². The molecule has 0 radical (unpaired) electrons. The van der Waals surface area contributed by atoms with Crippen LogP contribution in [-0.2, 0) is 6.54 Å². The standard InChI is InChI=1S/C14H15NO/c1-11-6-3-4-8-13(11)10-15-9-5-7-12(2)14(15)16/h3-9H,10H2,1-2H3. The van der Waals surface area contributed by atoms with Gasteiger partial charge in [0.05, 0.1) is 6.54 Å². The van der Waals surface area contributed by atoms with Crippen molar-refractivity contribution in [1.82, 2.24) is 4.57 Å². The van der Waals surface area contributed by atoms with Crippen molar-refractivity contribution in [3.8, 4) is 0 Å². The Hall–Kier alpha value is -1.83. The van der Waals surface area contributed by atoms with Gasteiger partial charge in [0.2, 0.25) is 0 Å². The molecular formula is C14H15NO. The second-order valence-corrected chi connectivity index (χ2v) is 4.05. The van der Waals surface area contributed by atoms with Crippen LogP contribution in [0, 0.1) is 13.8 Å². The molecule has 0 bridgehead atoms. The van der Waals surface area contributed by atoms with E-state index in [1.54, 1.807) is 4.57 Å². The molecule has 0 atom stereocenters. The third kappa shape index (κ3) is 2.06. The van der Waals surface area contributed by atoms with E-state index in [4.69, 9.17) is 0 Å². The smallest absolute Gasteiger partial charge is 0.253 e. The van der Waals surface area contributed by atoms with Crippen LogP contribution in [-0.4, -0.2) is 4.57 Å². The van der Waals surface area contributed by atoms with Crippen LogP contribution >= 0.6 is 0 Å². The summed E-state index contributed by atoms with van der Waals surface area (Å²) in [4.78, 5) is 11.8. The molecule has 0 aliphatic heterocycles. The van der Waals surface area contributed by atoms with E-state index in [0.717, 1.165) is 5.56 Å². The zero-order valence-corrected chi connectivity index (χ0v) is 9.60. The molecule has 2 nitrogen and oxygen atoms in total. The summed E-state index contributed by atoms with van der Waals surface area (Å²) in [5.74, 6) is 0. The lowest BCUT2D eigenvalue weighted by molar-refractivity contribution is 0.748. The molecule has 0 saturated heterocycles. The van der Waals surface area contributed by atoms with E-state index >= 15 is 0 Å². The molecule has 2 aromatic rings. The number of pyridine rings is 1. The maximum absolute atomic E-state index is 11.8. The third-order valence-electron chi connectivity index (χ3n) is 2.81. The first-order chi connectivity index (χ1) is 7.68. The van der Waals surface area contributed by atoms with E-state index in [-0.39, 0.29) is 5.56 Å². The summed E-state index contributed by atoms with van der Waals surface area (Å²) in [6, 6.07) is 11.9. The highest BCUT2D eigenvalue weighted by molar-refractivity contribution is 5.26. The van der Waals surface area contributed by atoms with E-state index in [1.807, 2.05) is 37.4 Å². The normalized spacial score (nSPS) is 10.4. The second-order valence-electron chi connectivity index (χ2n) is 4.05. The first-order valence-electron chi connectivity index (χ1n) is 5.39. The van der Waals surface area contributed by atoms with Gasteiger partial charge in [-0.2, -0.15) is 0 Å². The largest absolute Gasteiger partial charge is 0.311 e. The molecular weight excluding hydrogens is 198 g/mol. The van der Waals surface area contributed by atoms with Crippen molar-refractivity contribution in [2.24, 2.45) is 0 Å². The number of benzene rings is 1. The van der Waals surface area contributed by atoms with E-state index in [2.05, 4.69) is 19.1 Å². The quantitative estimate of drug-likeness (QED) is 0.751. The maximum atomic E-state index is 11.8. The highest BCUT2D eigenvalue weighted by atomic mass is 16.1. The lowest BCUT2D eigenvalue weighted by atomic mass is 10.1. The Kier molecular flexibility index (Phi) is 2.91. The van der Waals surface area contributed by atoms with E-state index in [0.29, 0.717) is 6.54 Å². The molecule has 0 aliphatic rings. The maximum Gasteiger partial charge on any atom is 0.253 e. The third-order valence-corrected chi connectivity index (χ3v) is 2.81. The summed E-state index contributed by atoms with van der Waals surface area (Å²) in [5, 5.41) is 0. The Labute approximate surface area is 95.2 Å². The first kappa shape index (κ1) is 10.7. The number of hydrogen-bond acceptors (Lipinski definition) is 1. The van der Waals surface area contributed by atoms with Crippen LogP contribution in [0.1, 0.15) is 16.7 Å². The van der Waals surface area contributed by atoms with Crippen molar-refractivity contribution in [2.45, 2.75) is 20.4 Å². The van der Waals surface area contributed by atoms with Gasteiger partial charge in [0.1, 0.15) is 0 Å². The lowest BCUT2D eigenvalue weighted by Crippen LogP contribution is -2.21. The van der Waals surface area contributed by atoms with Crippen LogP contribution in [0.2, 0.25) is 0 Å². The monoisotopic (exact) mass is 213 g/mol. The molecule has 16 heavy (non-hydrogen) atoms. The SMILES string of the molecule is Cc1ccccc1Cn1cccc(C)c1=O. The van der Waals surface area contributed by atoms with Crippen LogP contribution in [0.3, 0.4) is 0 Å². The lowest BCUT2D eigenvalue weighted by Gasteiger charge is -2.08. The van der Waals surface area contributed by atoms with Crippen molar-refractivity contribution in [2.75, 3.05) is 0 Å². The number of hydrogen-bond donors (Lipinski definition) is 0. The average Bonchev–Trinajstić information content (AvgIpc) is 2.28. The van der Waals surface area contributed by atoms with Gasteiger partial charge >= 0.3 is 0 Å². The zero-order valence-electron chi connectivity index (χ0n) is 9.60. The molecule has 82 valence electrons. The predicted molar refractivity (Wildman–Crippen MR) is 65.7 cm³/mol. The Balaban J connectivity index is 2.39. The van der Waals surface area contributed by atoms with Crippen LogP contribution in [0.15, 0.2) is 47.4 Å². The number of nitrogens with zero attached hydrogens (tertiary/aromatic N) is 1. The van der Waals surface area contributed by atoms with Crippen LogP contribution in [0.4, 0.5) is 0 Å². The fraction of sp³-hybridized carbons (Fsp3) is 0.214. The van der Waals surface area contributed by atoms with Crippen molar-refractivity contribution in [3.05, 3.63) is 69.6 Å². The molecule has 0 N–H and O–H groups in total. The fourth-order valence-electron chi connectivity index (χ4n) is 1.75. The molecule has 1 heterocycles. The minimum atomic E-state index is 0.0887. The molecule has 0 fully saturated rings. The van der Waals surface area contributed by atoms with Crippen molar-refractivity contribution < 1.29 is 0 Å². The average molecular weight is 213 g/mol. The number of aromatic nitrogens is 1. The summed E-state index contributed by atoms with van der Waals surface area (Å²) < 4.78 is 1.75. The van der Waals surface area contributed by atoms with Gasteiger partial charge in [-0.15, -0.1) is 0 Å². The minimum absolute atomic E-state index is 0.0887. The van der Waals surface area contributed by atoms with Crippen LogP contribution in [0.5, 0.6) is 0 Å². The zero-order chi connectivity index (χ0) is 11.5. The van der Waals surface area contributed by atoms with Crippen molar-refractivity contribution in [3.63, 3.8) is 0 Å². The van der Waals surface area contributed by atoms with E-state index in [1.165, 1.54) is 11.1 Å². The molecule has 0 unspecified atom stereocenters. The van der Waals surface area contributed by atoms with Gasteiger partial charge in [-0.25, -0.2) is 0 Å². The Morgan fingerprint density at radius 3 is 2.44 bits per heavy atom. The molecule has 0 spiro atoms. The molecule has 0 saturated carbocycles. The summed E-state index contributed by atoms with van der Waals surface area (Å²) in [6.07, 6.45) is 1.84. The van der Waals surface area contributed by atoms with E-state index in [9.17, 15) is 4.79 Å². The predicted octanol–water partition coefficient (Wildman–Crippen LogP) is 2.51. The number of rotatable bonds is 2. The Morgan fingerprint density at radius 1 is 1.00 bits per heavy atom. The molecule has 0 aliphatic carbocycles. The van der Waals surface area contributed by atoms with Gasteiger partial charge in [-0.3, -0.25) is 4.79 Å². The van der Waals surface area contributed by atoms with Crippen molar-refractivity contribution >= 4 is 0 Å². The fourth-order valence-corrected chi connectivity index (χ4v) is 1.75. The molecule has 1 aromatic heterocycles. The topological polar surface area (TPSA) is 22.0 Å². The summed E-state index contributed by atoms with van der Waals surface area (Å²) >= 11 is 0. The second kappa shape index (κ2) is 4.35. The summed E-state index contributed by atoms with van der Waals surface area (Å²) in [7, 11) is 0. The van der Waals surface area contributed by atoms with Crippen LogP contribution < -0.4 is 5.56 Å². The molecule has 2 rings (SSSR count). The highest BCUT2D eigenvalue weighted by Crippen LogP contribution is 2.07. The first-order valence-corrected chi connectivity index (χ1v) is 5.39. The van der Waals surface area contributed by atoms with Gasteiger partial charge in [0.15, 0.2) is 0 Å². The van der Waals surface area contributed by atoms with Gasteiger partial charge in [0, 0.05) is 11.8 Å². The van der Waals surface area contributed by atoms with Gasteiger partial charge in [-0.1, -0.05) is 30.3 Å². The minimum Gasteiger partial charge on any atom is -0.311 e. The molecule has 1 aromatic carbocycles. The molecule has 0 amide bonds. The highest BCUT2D eigenvalue weighted by Gasteiger charge is 2.01. The summed E-state index contributed by atoms with van der Waals surface area (Å²) in [6.45, 7) is 4.56. The van der Waals surface area contributed by atoms with E-state index < -0.39 is 0 Å². The number of aryl methyl sites for hydroxylation is 2. The van der Waals surface area contributed by atoms with Crippen LogP contribution in [0.25, 0.3) is 0 Å². The Morgan fingerprint density at radius 2 is 1.69 bits per heavy atom. The van der Waals surface area contributed by atoms with Gasteiger partial charge in [-0.05, 0) is 31.0 Å². The Bertz CT molecular complexity index is 555. The van der Waals surface area contributed by atoms with Gasteiger partial charge < -0.3 is 4.57 Å². The summed E-state index contributed by atoms with van der Waals surface area (Å²) in [5.41, 5.74) is 3.29. The molecule has 2 heteroatoms. The van der Waals surface area contributed by atoms with Crippen molar-refractivity contribution in [1.29, 1.82) is 0 Å².